The minimum atomic E-state index is -1.15. The lowest BCUT2D eigenvalue weighted by molar-refractivity contribution is 0.0655. The molecule has 1 aromatic carbocycles. The molecule has 0 saturated carbocycles. The fourth-order valence-electron chi connectivity index (χ4n) is 1.66. The van der Waals surface area contributed by atoms with Crippen molar-refractivity contribution in [3.8, 4) is 0 Å². The van der Waals surface area contributed by atoms with Gasteiger partial charge in [0, 0.05) is 10.5 Å². The lowest BCUT2D eigenvalue weighted by Gasteiger charge is -2.11. The predicted molar refractivity (Wildman–Crippen MR) is 68.0 cm³/mol. The van der Waals surface area contributed by atoms with Crippen molar-refractivity contribution in [3.63, 3.8) is 0 Å². The van der Waals surface area contributed by atoms with Crippen molar-refractivity contribution in [1.29, 1.82) is 0 Å². The van der Waals surface area contributed by atoms with Gasteiger partial charge in [-0.1, -0.05) is 18.2 Å². The maximum Gasteiger partial charge on any atom is 0.371 e. The molecule has 18 heavy (non-hydrogen) atoms. The summed E-state index contributed by atoms with van der Waals surface area (Å²) >= 11 is 1.51. The minimum absolute atomic E-state index is 0.175. The van der Waals surface area contributed by atoms with E-state index in [0.717, 1.165) is 4.90 Å². The maximum absolute atomic E-state index is 10.7. The molecule has 0 aliphatic carbocycles. The van der Waals surface area contributed by atoms with Gasteiger partial charge in [-0.15, -0.1) is 11.8 Å². The van der Waals surface area contributed by atoms with Crippen LogP contribution in [0.15, 0.2) is 45.7 Å². The number of aromatic carboxylic acids is 1. The van der Waals surface area contributed by atoms with Crippen molar-refractivity contribution in [3.05, 3.63) is 53.5 Å². The van der Waals surface area contributed by atoms with Gasteiger partial charge < -0.3 is 14.6 Å². The first-order valence-corrected chi connectivity index (χ1v) is 6.50. The monoisotopic (exact) mass is 264 g/mol. The quantitative estimate of drug-likeness (QED) is 0.831. The Morgan fingerprint density at radius 2 is 2.00 bits per heavy atom. The Labute approximate surface area is 108 Å². The molecule has 2 rings (SSSR count). The average Bonchev–Trinajstić information content (AvgIpc) is 2.87. The molecule has 5 heteroatoms. The number of benzene rings is 1. The van der Waals surface area contributed by atoms with Crippen LogP contribution in [0.2, 0.25) is 0 Å². The lowest BCUT2D eigenvalue weighted by atomic mass is 10.1. The Morgan fingerprint density at radius 1 is 1.28 bits per heavy atom. The molecule has 94 valence electrons. The second kappa shape index (κ2) is 5.29. The molecule has 2 aromatic rings. The molecule has 0 saturated heterocycles. The third kappa shape index (κ3) is 2.42. The van der Waals surface area contributed by atoms with Crippen LogP contribution in [0.25, 0.3) is 0 Å². The van der Waals surface area contributed by atoms with E-state index in [1.807, 2.05) is 24.5 Å². The molecule has 1 heterocycles. The highest BCUT2D eigenvalue weighted by Gasteiger charge is 2.19. The van der Waals surface area contributed by atoms with Gasteiger partial charge in [0.2, 0.25) is 5.76 Å². The molecule has 0 radical (unpaired) electrons. The molecule has 0 amide bonds. The van der Waals surface area contributed by atoms with Gasteiger partial charge in [0.25, 0.3) is 0 Å². The van der Waals surface area contributed by atoms with Crippen LogP contribution in [0.4, 0.5) is 0 Å². The molecule has 0 aliphatic heterocycles. The maximum atomic E-state index is 10.7. The summed E-state index contributed by atoms with van der Waals surface area (Å²) in [4.78, 5) is 11.6. The van der Waals surface area contributed by atoms with Crippen molar-refractivity contribution in [2.45, 2.75) is 11.0 Å². The van der Waals surface area contributed by atoms with E-state index in [4.69, 9.17) is 9.52 Å². The molecular weight excluding hydrogens is 252 g/mol. The molecule has 1 unspecified atom stereocenters. The Morgan fingerprint density at radius 3 is 2.61 bits per heavy atom. The highest BCUT2D eigenvalue weighted by atomic mass is 32.2. The first kappa shape index (κ1) is 12.7. The fourth-order valence-corrected chi connectivity index (χ4v) is 2.29. The Balaban J connectivity index is 2.35. The summed E-state index contributed by atoms with van der Waals surface area (Å²) in [5, 5.41) is 19.0. The van der Waals surface area contributed by atoms with Crippen LogP contribution in [0.3, 0.4) is 0 Å². The van der Waals surface area contributed by atoms with Crippen molar-refractivity contribution in [2.75, 3.05) is 6.26 Å². The van der Waals surface area contributed by atoms with E-state index < -0.39 is 12.1 Å². The van der Waals surface area contributed by atoms with Crippen LogP contribution in [0, 0.1) is 0 Å². The molecular formula is C13H12O4S. The molecule has 0 aliphatic rings. The summed E-state index contributed by atoms with van der Waals surface area (Å²) in [6.45, 7) is 0. The number of furan rings is 1. The average molecular weight is 264 g/mol. The molecule has 0 bridgehead atoms. The zero-order valence-electron chi connectivity index (χ0n) is 9.66. The summed E-state index contributed by atoms with van der Waals surface area (Å²) < 4.78 is 5.10. The number of carboxylic acids is 1. The van der Waals surface area contributed by atoms with E-state index in [2.05, 4.69) is 0 Å². The number of aliphatic hydroxyl groups excluding tert-OH is 1. The second-order valence-electron chi connectivity index (χ2n) is 3.65. The van der Waals surface area contributed by atoms with Crippen LogP contribution in [-0.4, -0.2) is 22.4 Å². The van der Waals surface area contributed by atoms with E-state index in [0.29, 0.717) is 5.56 Å². The van der Waals surface area contributed by atoms with E-state index >= 15 is 0 Å². The summed E-state index contributed by atoms with van der Waals surface area (Å²) in [7, 11) is 0. The highest BCUT2D eigenvalue weighted by molar-refractivity contribution is 7.98. The van der Waals surface area contributed by atoms with Gasteiger partial charge in [0.15, 0.2) is 0 Å². The Bertz CT molecular complexity index is 562. The summed E-state index contributed by atoms with van der Waals surface area (Å²) in [6.07, 6.45) is 0.956. The van der Waals surface area contributed by atoms with Gasteiger partial charge in [0.05, 0.1) is 0 Å². The van der Waals surface area contributed by atoms with E-state index in [-0.39, 0.29) is 11.5 Å². The Kier molecular flexibility index (Phi) is 3.74. The third-order valence-electron chi connectivity index (χ3n) is 2.54. The zero-order chi connectivity index (χ0) is 13.1. The first-order chi connectivity index (χ1) is 8.63. The number of carbonyl (C=O) groups is 1. The SMILES string of the molecule is CSc1ccccc1C(O)c1ccc(C(=O)O)o1. The van der Waals surface area contributed by atoms with Crippen LogP contribution in [0.1, 0.15) is 28.0 Å². The number of rotatable bonds is 4. The van der Waals surface area contributed by atoms with E-state index in [1.54, 1.807) is 6.07 Å². The van der Waals surface area contributed by atoms with Crippen molar-refractivity contribution >= 4 is 17.7 Å². The zero-order valence-corrected chi connectivity index (χ0v) is 10.5. The molecule has 4 nitrogen and oxygen atoms in total. The highest BCUT2D eigenvalue weighted by Crippen LogP contribution is 2.30. The van der Waals surface area contributed by atoms with Crippen molar-refractivity contribution in [1.82, 2.24) is 0 Å². The van der Waals surface area contributed by atoms with Crippen molar-refractivity contribution in [2.24, 2.45) is 0 Å². The summed E-state index contributed by atoms with van der Waals surface area (Å²) in [5.41, 5.74) is 0.705. The van der Waals surface area contributed by atoms with E-state index in [9.17, 15) is 9.90 Å². The molecule has 0 spiro atoms. The van der Waals surface area contributed by atoms with Gasteiger partial charge >= 0.3 is 5.97 Å². The number of hydrogen-bond donors (Lipinski definition) is 2. The largest absolute Gasteiger partial charge is 0.475 e. The van der Waals surface area contributed by atoms with Crippen molar-refractivity contribution < 1.29 is 19.4 Å². The summed E-state index contributed by atoms with van der Waals surface area (Å²) in [5.74, 6) is -1.09. The summed E-state index contributed by atoms with van der Waals surface area (Å²) in [6, 6.07) is 10.2. The third-order valence-corrected chi connectivity index (χ3v) is 3.35. The van der Waals surface area contributed by atoms with Crippen LogP contribution < -0.4 is 0 Å². The molecule has 1 atom stereocenters. The van der Waals surface area contributed by atoms with Gasteiger partial charge in [-0.05, 0) is 24.5 Å². The number of aliphatic hydroxyl groups is 1. The smallest absolute Gasteiger partial charge is 0.371 e. The fraction of sp³-hybridized carbons (Fsp3) is 0.154. The normalized spacial score (nSPS) is 12.3. The predicted octanol–water partition coefficient (Wildman–Crippen LogP) is 2.78. The first-order valence-electron chi connectivity index (χ1n) is 5.27. The van der Waals surface area contributed by atoms with Gasteiger partial charge in [-0.3, -0.25) is 0 Å². The Hall–Kier alpha value is -1.72. The number of carboxylic acid groups (broad SMARTS) is 1. The van der Waals surface area contributed by atoms with Crippen LogP contribution in [0.5, 0.6) is 0 Å². The topological polar surface area (TPSA) is 70.7 Å². The van der Waals surface area contributed by atoms with Gasteiger partial charge in [-0.2, -0.15) is 0 Å². The van der Waals surface area contributed by atoms with Crippen LogP contribution in [-0.2, 0) is 0 Å². The molecule has 0 fully saturated rings. The number of hydrogen-bond acceptors (Lipinski definition) is 4. The molecule has 1 aromatic heterocycles. The second-order valence-corrected chi connectivity index (χ2v) is 4.50. The molecule has 2 N–H and O–H groups in total. The lowest BCUT2D eigenvalue weighted by Crippen LogP contribution is -2.00. The van der Waals surface area contributed by atoms with Gasteiger partial charge in [-0.25, -0.2) is 4.79 Å². The standard InChI is InChI=1S/C13H12O4S/c1-18-11-5-3-2-4-8(11)12(14)9-6-7-10(17-9)13(15)16/h2-7,12,14H,1H3,(H,15,16). The van der Waals surface area contributed by atoms with Crippen LogP contribution >= 0.6 is 11.8 Å². The number of thioether (sulfide) groups is 1. The minimum Gasteiger partial charge on any atom is -0.475 e. The van der Waals surface area contributed by atoms with E-state index in [1.165, 1.54) is 23.9 Å². The van der Waals surface area contributed by atoms with Gasteiger partial charge in [0.1, 0.15) is 11.9 Å².